The fraction of sp³-hybridized carbons (Fsp3) is 0.556. The highest BCUT2D eigenvalue weighted by molar-refractivity contribution is 6.47. The molecule has 1 aromatic rings. The summed E-state index contributed by atoms with van der Waals surface area (Å²) < 4.78 is 10.8. The molecule has 0 saturated heterocycles. The average Bonchev–Trinajstić information content (AvgIpc) is 2.55. The van der Waals surface area contributed by atoms with Gasteiger partial charge in [-0.05, 0) is 30.9 Å². The number of hydrogen-bond acceptors (Lipinski definition) is 5. The third kappa shape index (κ3) is 4.60. The predicted molar refractivity (Wildman–Crippen MR) is 92.2 cm³/mol. The number of carbonyl (C=O) groups excluding carboxylic acids is 2. The summed E-state index contributed by atoms with van der Waals surface area (Å²) in [5, 5.41) is 10.2. The van der Waals surface area contributed by atoms with Crippen molar-refractivity contribution in [3.05, 3.63) is 29.3 Å². The fourth-order valence-corrected chi connectivity index (χ4v) is 2.88. The smallest absolute Gasteiger partial charge is 0.526 e. The topological polar surface area (TPSA) is 72.8 Å². The Morgan fingerprint density at radius 2 is 2.12 bits per heavy atom. The zero-order valence-electron chi connectivity index (χ0n) is 14.4. The van der Waals surface area contributed by atoms with Gasteiger partial charge in [0.25, 0.3) is 0 Å². The molecule has 5 nitrogen and oxygen atoms in total. The molecular weight excluding hydrogens is 307 g/mol. The maximum atomic E-state index is 12.2. The summed E-state index contributed by atoms with van der Waals surface area (Å²) in [5.74, 6) is -0.203. The van der Waals surface area contributed by atoms with Gasteiger partial charge in [0.2, 0.25) is 0 Å². The van der Waals surface area contributed by atoms with Crippen LogP contribution in [0.3, 0.4) is 0 Å². The van der Waals surface area contributed by atoms with Crippen molar-refractivity contribution in [1.82, 2.24) is 0 Å². The zero-order valence-corrected chi connectivity index (χ0v) is 14.4. The molecule has 0 aliphatic carbocycles. The van der Waals surface area contributed by atoms with Crippen LogP contribution in [0.2, 0.25) is 5.82 Å². The lowest BCUT2D eigenvalue weighted by Crippen LogP contribution is -2.35. The van der Waals surface area contributed by atoms with Gasteiger partial charge < -0.3 is 14.4 Å². The predicted octanol–water partition coefficient (Wildman–Crippen LogP) is 3.19. The number of para-hydroxylation sites is 1. The van der Waals surface area contributed by atoms with Crippen molar-refractivity contribution in [2.45, 2.75) is 58.2 Å². The van der Waals surface area contributed by atoms with Crippen LogP contribution in [0.5, 0.6) is 5.75 Å². The molecular formula is C18H25BO5. The Kier molecular flexibility index (Phi) is 6.85. The summed E-state index contributed by atoms with van der Waals surface area (Å²) in [6, 6.07) is 5.28. The molecule has 130 valence electrons. The van der Waals surface area contributed by atoms with E-state index in [1.54, 1.807) is 12.1 Å². The Morgan fingerprint density at radius 1 is 1.33 bits per heavy atom. The van der Waals surface area contributed by atoms with Gasteiger partial charge in [0, 0.05) is 18.7 Å². The van der Waals surface area contributed by atoms with Crippen molar-refractivity contribution in [2.24, 2.45) is 0 Å². The standard InChI is InChI=1S/C18H25BO5/c1-3-5-10-23-18(21)16-9-6-8-13-11-14(12-15(20)7-4-2)19(22)24-17(13)16/h6,8-9,14,22H,3-5,7,10-12H2,1-2H3/t14-/m1/s1. The van der Waals surface area contributed by atoms with E-state index >= 15 is 0 Å². The van der Waals surface area contributed by atoms with Gasteiger partial charge >= 0.3 is 13.1 Å². The molecule has 0 fully saturated rings. The molecule has 1 aliphatic rings. The van der Waals surface area contributed by atoms with Crippen LogP contribution in [0.4, 0.5) is 0 Å². The highest BCUT2D eigenvalue weighted by atomic mass is 16.5. The van der Waals surface area contributed by atoms with E-state index in [4.69, 9.17) is 9.39 Å². The number of ether oxygens (including phenoxy) is 1. The molecule has 6 heteroatoms. The zero-order chi connectivity index (χ0) is 17.5. The van der Waals surface area contributed by atoms with Crippen LogP contribution in [0.1, 0.15) is 61.9 Å². The molecule has 0 saturated carbocycles. The van der Waals surface area contributed by atoms with E-state index in [1.165, 1.54) is 0 Å². The molecule has 1 heterocycles. The van der Waals surface area contributed by atoms with Crippen molar-refractivity contribution in [2.75, 3.05) is 6.61 Å². The average molecular weight is 332 g/mol. The second-order valence-electron chi connectivity index (χ2n) is 6.25. The second-order valence-corrected chi connectivity index (χ2v) is 6.25. The molecule has 0 unspecified atom stereocenters. The molecule has 1 aliphatic heterocycles. The summed E-state index contributed by atoms with van der Waals surface area (Å²) >= 11 is 0. The van der Waals surface area contributed by atoms with E-state index in [9.17, 15) is 14.6 Å². The normalized spacial score (nSPS) is 16.3. The summed E-state index contributed by atoms with van der Waals surface area (Å²) in [6.45, 7) is 4.35. The maximum Gasteiger partial charge on any atom is 0.526 e. The molecule has 1 atom stereocenters. The number of esters is 1. The van der Waals surface area contributed by atoms with Crippen molar-refractivity contribution < 1.29 is 24.0 Å². The summed E-state index contributed by atoms with van der Waals surface area (Å²) in [4.78, 5) is 24.1. The van der Waals surface area contributed by atoms with Gasteiger partial charge in [0.05, 0.1) is 6.61 Å². The van der Waals surface area contributed by atoms with Gasteiger partial charge in [-0.25, -0.2) is 4.79 Å². The van der Waals surface area contributed by atoms with Gasteiger partial charge in [0.15, 0.2) is 0 Å². The SMILES string of the molecule is CCCCOC(=O)c1cccc2c1OB(O)[C@@H](CC(=O)CCC)C2. The number of benzene rings is 1. The van der Waals surface area contributed by atoms with Crippen LogP contribution in [0, 0.1) is 0 Å². The van der Waals surface area contributed by atoms with Crippen LogP contribution < -0.4 is 4.65 Å². The Bertz CT molecular complexity index is 587. The van der Waals surface area contributed by atoms with E-state index in [2.05, 4.69) is 0 Å². The van der Waals surface area contributed by atoms with E-state index in [0.717, 1.165) is 24.8 Å². The van der Waals surface area contributed by atoms with Crippen molar-refractivity contribution in [3.8, 4) is 5.75 Å². The third-order valence-electron chi connectivity index (χ3n) is 4.19. The number of unbranched alkanes of at least 4 members (excludes halogenated alkanes) is 1. The first kappa shape index (κ1) is 18.5. The number of ketones is 1. The van der Waals surface area contributed by atoms with Crippen molar-refractivity contribution >= 4 is 18.9 Å². The summed E-state index contributed by atoms with van der Waals surface area (Å²) in [5.41, 5.74) is 1.17. The maximum absolute atomic E-state index is 12.2. The Hall–Kier alpha value is -1.82. The van der Waals surface area contributed by atoms with E-state index < -0.39 is 13.1 Å². The van der Waals surface area contributed by atoms with Crippen LogP contribution in [0.15, 0.2) is 18.2 Å². The number of fused-ring (bicyclic) bond motifs is 1. The first-order valence-corrected chi connectivity index (χ1v) is 8.72. The number of hydrogen-bond donors (Lipinski definition) is 1. The Balaban J connectivity index is 2.11. The van der Waals surface area contributed by atoms with E-state index in [-0.39, 0.29) is 11.6 Å². The number of rotatable bonds is 8. The lowest BCUT2D eigenvalue weighted by Gasteiger charge is -2.28. The Morgan fingerprint density at radius 3 is 2.83 bits per heavy atom. The lowest BCUT2D eigenvalue weighted by atomic mass is 9.64. The fourth-order valence-electron chi connectivity index (χ4n) is 2.88. The first-order valence-electron chi connectivity index (χ1n) is 8.72. The molecule has 0 amide bonds. The van der Waals surface area contributed by atoms with Crippen LogP contribution >= 0.6 is 0 Å². The first-order chi connectivity index (χ1) is 11.6. The second kappa shape index (κ2) is 8.88. The van der Waals surface area contributed by atoms with Gasteiger partial charge in [0.1, 0.15) is 17.1 Å². The highest BCUT2D eigenvalue weighted by Crippen LogP contribution is 2.36. The quantitative estimate of drug-likeness (QED) is 0.450. The minimum Gasteiger partial charge on any atom is -0.535 e. The highest BCUT2D eigenvalue weighted by Gasteiger charge is 2.37. The van der Waals surface area contributed by atoms with Crippen LogP contribution in [0.25, 0.3) is 0 Å². The number of Topliss-reactive ketones (excluding diaryl/α,β-unsaturated/α-hetero) is 1. The van der Waals surface area contributed by atoms with E-state index in [1.807, 2.05) is 19.9 Å². The van der Waals surface area contributed by atoms with Crippen molar-refractivity contribution in [3.63, 3.8) is 0 Å². The van der Waals surface area contributed by atoms with Gasteiger partial charge in [-0.3, -0.25) is 4.79 Å². The van der Waals surface area contributed by atoms with E-state index in [0.29, 0.717) is 37.2 Å². The minimum atomic E-state index is -1.08. The monoisotopic (exact) mass is 332 g/mol. The molecule has 0 bridgehead atoms. The molecule has 0 aromatic heterocycles. The largest absolute Gasteiger partial charge is 0.535 e. The molecule has 1 aromatic carbocycles. The Labute approximate surface area is 143 Å². The molecule has 24 heavy (non-hydrogen) atoms. The molecule has 2 rings (SSSR count). The summed E-state index contributed by atoms with van der Waals surface area (Å²) in [6.07, 6.45) is 3.88. The third-order valence-corrected chi connectivity index (χ3v) is 4.19. The number of carbonyl (C=O) groups is 2. The van der Waals surface area contributed by atoms with Crippen LogP contribution in [-0.2, 0) is 16.0 Å². The molecule has 0 spiro atoms. The minimum absolute atomic E-state index is 0.128. The molecule has 1 N–H and O–H groups in total. The van der Waals surface area contributed by atoms with Crippen molar-refractivity contribution in [1.29, 1.82) is 0 Å². The van der Waals surface area contributed by atoms with Gasteiger partial charge in [-0.2, -0.15) is 0 Å². The summed E-state index contributed by atoms with van der Waals surface area (Å²) in [7, 11) is -1.08. The molecule has 0 radical (unpaired) electrons. The lowest BCUT2D eigenvalue weighted by molar-refractivity contribution is -0.119. The van der Waals surface area contributed by atoms with Crippen LogP contribution in [-0.4, -0.2) is 30.5 Å². The van der Waals surface area contributed by atoms with Gasteiger partial charge in [-0.1, -0.05) is 32.4 Å². The van der Waals surface area contributed by atoms with Gasteiger partial charge in [-0.15, -0.1) is 0 Å².